The Labute approximate surface area is 164 Å². The van der Waals surface area contributed by atoms with Crippen molar-refractivity contribution in [1.82, 2.24) is 15.5 Å². The van der Waals surface area contributed by atoms with E-state index in [1.54, 1.807) is 30.3 Å². The van der Waals surface area contributed by atoms with E-state index in [0.29, 0.717) is 12.6 Å². The summed E-state index contributed by atoms with van der Waals surface area (Å²) < 4.78 is 5.74. The average molecular weight is 387 g/mol. The van der Waals surface area contributed by atoms with E-state index in [9.17, 15) is 4.79 Å². The van der Waals surface area contributed by atoms with Gasteiger partial charge >= 0.3 is 0 Å². The van der Waals surface area contributed by atoms with Gasteiger partial charge in [0.05, 0.1) is 12.6 Å². The molecule has 2 heterocycles. The van der Waals surface area contributed by atoms with E-state index in [4.69, 9.17) is 4.74 Å². The van der Waals surface area contributed by atoms with Crippen LogP contribution in [0.5, 0.6) is 5.75 Å². The number of amides is 1. The number of nitrogens with zero attached hydrogens (tertiary/aromatic N) is 2. The Hall–Kier alpha value is -2.54. The predicted octanol–water partition coefficient (Wildman–Crippen LogP) is 2.44. The highest BCUT2D eigenvalue weighted by atomic mass is 32.1. The summed E-state index contributed by atoms with van der Waals surface area (Å²) in [6.45, 7) is 1.54. The fourth-order valence-corrected chi connectivity index (χ4v) is 3.57. The number of aliphatic imine (C=N–C) groups is 1. The summed E-state index contributed by atoms with van der Waals surface area (Å²) in [7, 11) is 3.48. The summed E-state index contributed by atoms with van der Waals surface area (Å²) in [6, 6.07) is 12.3. The van der Waals surface area contributed by atoms with Gasteiger partial charge in [-0.1, -0.05) is 24.3 Å². The molecule has 0 fully saturated rings. The van der Waals surface area contributed by atoms with Crippen molar-refractivity contribution in [3.63, 3.8) is 0 Å². The number of ether oxygens (including phenoxy) is 1. The van der Waals surface area contributed by atoms with E-state index in [1.807, 2.05) is 18.2 Å². The largest absolute Gasteiger partial charge is 0.493 e. The first-order valence-electron chi connectivity index (χ1n) is 9.12. The van der Waals surface area contributed by atoms with Gasteiger partial charge in [0, 0.05) is 37.5 Å². The monoisotopic (exact) mass is 386 g/mol. The second-order valence-electron chi connectivity index (χ2n) is 6.58. The van der Waals surface area contributed by atoms with Gasteiger partial charge in [0.15, 0.2) is 5.96 Å². The smallest absolute Gasteiger partial charge is 0.243 e. The lowest BCUT2D eigenvalue weighted by atomic mass is 10.0. The second kappa shape index (κ2) is 9.41. The maximum atomic E-state index is 11.9. The number of carbonyl (C=O) groups excluding carboxylic acids is 1. The first kappa shape index (κ1) is 19.2. The number of benzene rings is 1. The van der Waals surface area contributed by atoms with Crippen molar-refractivity contribution in [3.05, 3.63) is 52.2 Å². The molecule has 0 saturated carbocycles. The summed E-state index contributed by atoms with van der Waals surface area (Å²) >= 11 is 1.75. The SMILES string of the molecule is CN(C)C(=O)CN=C(NCCc1cccs1)NC1CCOc2ccccc21. The lowest BCUT2D eigenvalue weighted by Gasteiger charge is -2.28. The van der Waals surface area contributed by atoms with E-state index in [-0.39, 0.29) is 18.5 Å². The zero-order valence-electron chi connectivity index (χ0n) is 15.8. The summed E-state index contributed by atoms with van der Waals surface area (Å²) in [6.07, 6.45) is 1.77. The Morgan fingerprint density at radius 1 is 1.30 bits per heavy atom. The first-order valence-corrected chi connectivity index (χ1v) is 10.0. The third kappa shape index (κ3) is 5.47. The number of thiophene rings is 1. The molecule has 0 aliphatic carbocycles. The van der Waals surface area contributed by atoms with Crippen LogP contribution in [0.4, 0.5) is 0 Å². The van der Waals surface area contributed by atoms with E-state index >= 15 is 0 Å². The van der Waals surface area contributed by atoms with Crippen LogP contribution in [0.15, 0.2) is 46.8 Å². The van der Waals surface area contributed by atoms with Crippen molar-refractivity contribution in [3.8, 4) is 5.75 Å². The van der Waals surface area contributed by atoms with Crippen LogP contribution in [-0.4, -0.2) is 50.6 Å². The fraction of sp³-hybridized carbons (Fsp3) is 0.400. The summed E-state index contributed by atoms with van der Waals surface area (Å²) in [4.78, 5) is 19.3. The fourth-order valence-electron chi connectivity index (χ4n) is 2.86. The molecule has 0 radical (unpaired) electrons. The molecule has 1 unspecified atom stereocenters. The van der Waals surface area contributed by atoms with Gasteiger partial charge in [-0.25, -0.2) is 4.99 Å². The van der Waals surface area contributed by atoms with Crippen molar-refractivity contribution >= 4 is 23.2 Å². The number of carbonyl (C=O) groups is 1. The Bertz CT molecular complexity index is 774. The molecule has 6 nitrogen and oxygen atoms in total. The molecule has 7 heteroatoms. The number of para-hydroxylation sites is 1. The van der Waals surface area contributed by atoms with Gasteiger partial charge < -0.3 is 20.3 Å². The van der Waals surface area contributed by atoms with Gasteiger partial charge in [-0.2, -0.15) is 0 Å². The normalized spacial score (nSPS) is 16.2. The minimum atomic E-state index is -0.0262. The maximum absolute atomic E-state index is 11.9. The molecule has 1 aliphatic heterocycles. The minimum absolute atomic E-state index is 0.0262. The zero-order valence-corrected chi connectivity index (χ0v) is 16.6. The summed E-state index contributed by atoms with van der Waals surface area (Å²) in [5.41, 5.74) is 1.12. The lowest BCUT2D eigenvalue weighted by Crippen LogP contribution is -2.42. The summed E-state index contributed by atoms with van der Waals surface area (Å²) in [5.74, 6) is 1.54. The van der Waals surface area contributed by atoms with Crippen LogP contribution in [0, 0.1) is 0 Å². The van der Waals surface area contributed by atoms with Crippen LogP contribution in [0.25, 0.3) is 0 Å². The summed E-state index contributed by atoms with van der Waals surface area (Å²) in [5, 5.41) is 8.92. The molecule has 144 valence electrons. The number of nitrogens with one attached hydrogen (secondary N) is 2. The van der Waals surface area contributed by atoms with Gasteiger partial charge in [0.1, 0.15) is 12.3 Å². The highest BCUT2D eigenvalue weighted by molar-refractivity contribution is 7.09. The average Bonchev–Trinajstić information content (AvgIpc) is 3.19. The molecule has 1 aromatic carbocycles. The van der Waals surface area contributed by atoms with Crippen LogP contribution in [0.1, 0.15) is 22.9 Å². The molecule has 0 spiro atoms. The Kier molecular flexibility index (Phi) is 6.70. The van der Waals surface area contributed by atoms with Crippen molar-refractivity contribution < 1.29 is 9.53 Å². The number of guanidine groups is 1. The van der Waals surface area contributed by atoms with Gasteiger partial charge in [-0.3, -0.25) is 4.79 Å². The van der Waals surface area contributed by atoms with Crippen molar-refractivity contribution in [2.45, 2.75) is 18.9 Å². The quantitative estimate of drug-likeness (QED) is 0.591. The Morgan fingerprint density at radius 2 is 2.15 bits per heavy atom. The Morgan fingerprint density at radius 3 is 2.93 bits per heavy atom. The predicted molar refractivity (Wildman–Crippen MR) is 109 cm³/mol. The molecular weight excluding hydrogens is 360 g/mol. The minimum Gasteiger partial charge on any atom is -0.493 e. The molecule has 1 aromatic heterocycles. The van der Waals surface area contributed by atoms with Gasteiger partial charge in [0.2, 0.25) is 5.91 Å². The van der Waals surface area contributed by atoms with Crippen LogP contribution >= 0.6 is 11.3 Å². The molecule has 2 aromatic rings. The third-order valence-corrected chi connectivity index (χ3v) is 5.32. The molecule has 3 rings (SSSR count). The Balaban J connectivity index is 1.67. The standard InChI is InChI=1S/C20H26N4O2S/c1-24(2)19(25)14-22-20(21-11-9-15-6-5-13-27-15)23-17-10-12-26-18-8-4-3-7-16(17)18/h3-8,13,17H,9-12,14H2,1-2H3,(H2,21,22,23). The van der Waals surface area contributed by atoms with Crippen LogP contribution in [0.3, 0.4) is 0 Å². The van der Waals surface area contributed by atoms with Gasteiger partial charge in [-0.15, -0.1) is 11.3 Å². The molecular formula is C20H26N4O2S. The van der Waals surface area contributed by atoms with E-state index < -0.39 is 0 Å². The molecule has 2 N–H and O–H groups in total. The van der Waals surface area contributed by atoms with Crippen LogP contribution < -0.4 is 15.4 Å². The molecule has 1 atom stereocenters. The van der Waals surface area contributed by atoms with Crippen molar-refractivity contribution in [1.29, 1.82) is 0 Å². The maximum Gasteiger partial charge on any atom is 0.243 e. The van der Waals surface area contributed by atoms with E-state index in [0.717, 1.165) is 30.7 Å². The first-order chi connectivity index (χ1) is 13.1. The van der Waals surface area contributed by atoms with E-state index in [2.05, 4.69) is 39.2 Å². The molecule has 1 aliphatic rings. The number of fused-ring (bicyclic) bond motifs is 1. The van der Waals surface area contributed by atoms with E-state index in [1.165, 1.54) is 4.88 Å². The number of likely N-dealkylation sites (N-methyl/N-ethyl adjacent to an activating group) is 1. The lowest BCUT2D eigenvalue weighted by molar-refractivity contribution is -0.127. The zero-order chi connectivity index (χ0) is 19.1. The van der Waals surface area contributed by atoms with Crippen LogP contribution in [-0.2, 0) is 11.2 Å². The van der Waals surface area contributed by atoms with Gasteiger partial charge in [0.25, 0.3) is 0 Å². The second-order valence-corrected chi connectivity index (χ2v) is 7.61. The van der Waals surface area contributed by atoms with Crippen LogP contribution in [0.2, 0.25) is 0 Å². The van der Waals surface area contributed by atoms with Crippen molar-refractivity contribution in [2.24, 2.45) is 4.99 Å². The number of hydrogen-bond donors (Lipinski definition) is 2. The van der Waals surface area contributed by atoms with Gasteiger partial charge in [-0.05, 0) is 23.9 Å². The number of hydrogen-bond acceptors (Lipinski definition) is 4. The molecule has 0 bridgehead atoms. The molecule has 27 heavy (non-hydrogen) atoms. The number of rotatable bonds is 6. The molecule has 1 amide bonds. The highest BCUT2D eigenvalue weighted by Crippen LogP contribution is 2.31. The van der Waals surface area contributed by atoms with Crippen molar-refractivity contribution in [2.75, 3.05) is 33.8 Å². The third-order valence-electron chi connectivity index (χ3n) is 4.38. The highest BCUT2D eigenvalue weighted by Gasteiger charge is 2.22. The molecule has 0 saturated heterocycles. The topological polar surface area (TPSA) is 66.0 Å².